The van der Waals surface area contributed by atoms with Crippen LogP contribution in [0.4, 0.5) is 0 Å². The van der Waals surface area contributed by atoms with Gasteiger partial charge >= 0.3 is 0 Å². The summed E-state index contributed by atoms with van der Waals surface area (Å²) in [5.74, 6) is 2.34. The van der Waals surface area contributed by atoms with Crippen LogP contribution in [0.15, 0.2) is 68.0 Å². The number of benzene rings is 3. The van der Waals surface area contributed by atoms with Crippen molar-refractivity contribution in [2.75, 3.05) is 0 Å². The summed E-state index contributed by atoms with van der Waals surface area (Å²) in [6, 6.07) is 21.2. The van der Waals surface area contributed by atoms with Crippen molar-refractivity contribution in [1.29, 1.82) is 0 Å². The van der Waals surface area contributed by atoms with Gasteiger partial charge in [-0.05, 0) is 93.7 Å². The van der Waals surface area contributed by atoms with E-state index in [2.05, 4.69) is 63.0 Å². The molecule has 0 aliphatic carbocycles. The van der Waals surface area contributed by atoms with Crippen LogP contribution in [0, 0.1) is 19.9 Å². The third-order valence-corrected chi connectivity index (χ3v) is 5.72. The van der Waals surface area contributed by atoms with E-state index in [4.69, 9.17) is 9.15 Å². The Bertz CT molecular complexity index is 1110. The first-order valence-corrected chi connectivity index (χ1v) is 9.74. The zero-order valence-corrected chi connectivity index (χ0v) is 17.4. The lowest BCUT2D eigenvalue weighted by Crippen LogP contribution is -1.89. The van der Waals surface area contributed by atoms with Gasteiger partial charge in [-0.3, -0.25) is 0 Å². The molecule has 4 heteroatoms. The van der Waals surface area contributed by atoms with Gasteiger partial charge in [0, 0.05) is 10.9 Å². The highest BCUT2D eigenvalue weighted by Crippen LogP contribution is 2.39. The fraction of sp³-hybridized carbons (Fsp3) is 0.0909. The van der Waals surface area contributed by atoms with E-state index >= 15 is 0 Å². The van der Waals surface area contributed by atoms with Crippen molar-refractivity contribution < 1.29 is 9.15 Å². The average molecular weight is 471 g/mol. The number of hydrogen-bond acceptors (Lipinski definition) is 2. The van der Waals surface area contributed by atoms with E-state index in [1.165, 1.54) is 5.56 Å². The fourth-order valence-electron chi connectivity index (χ4n) is 2.81. The van der Waals surface area contributed by atoms with Crippen LogP contribution in [0.1, 0.15) is 11.1 Å². The summed E-state index contributed by atoms with van der Waals surface area (Å²) < 4.78 is 13.8. The molecule has 0 fully saturated rings. The van der Waals surface area contributed by atoms with Gasteiger partial charge in [0.1, 0.15) is 17.1 Å². The van der Waals surface area contributed by atoms with Gasteiger partial charge in [0.2, 0.25) is 0 Å². The normalized spacial score (nSPS) is 11.1. The average Bonchev–Trinajstić information content (AvgIpc) is 3.05. The summed E-state index contributed by atoms with van der Waals surface area (Å²) in [5, 5.41) is 1.01. The summed E-state index contributed by atoms with van der Waals surface area (Å²) in [6.45, 7) is 4.06. The van der Waals surface area contributed by atoms with Crippen LogP contribution >= 0.6 is 31.9 Å². The van der Waals surface area contributed by atoms with E-state index in [-0.39, 0.29) is 0 Å². The standard InChI is InChI=1S/C22H15Br2O2/c1-13-4-3-5-15(10-13)20-12-16-11-17(7-9-19(16)26-20)25-22-18(23)8-6-14(2)21(22)24/h3-5,7-12H,1-2H3. The van der Waals surface area contributed by atoms with E-state index in [0.29, 0.717) is 0 Å². The SMILES string of the molecule is Cc1cccc(-c2cc3cc(Oc4c(Br)c[c]c(C)c4Br)ccc3o2)c1. The second-order valence-corrected chi connectivity index (χ2v) is 7.83. The summed E-state index contributed by atoms with van der Waals surface area (Å²) in [5.41, 5.74) is 4.11. The minimum absolute atomic E-state index is 0.739. The summed E-state index contributed by atoms with van der Waals surface area (Å²) in [6.07, 6.45) is 0. The van der Waals surface area contributed by atoms with Crippen LogP contribution in [0.3, 0.4) is 0 Å². The monoisotopic (exact) mass is 469 g/mol. The largest absolute Gasteiger partial charge is 0.456 e. The maximum atomic E-state index is 6.11. The minimum Gasteiger partial charge on any atom is -0.456 e. The third kappa shape index (κ3) is 3.31. The Morgan fingerprint density at radius 3 is 2.65 bits per heavy atom. The quantitative estimate of drug-likeness (QED) is 0.304. The molecule has 4 aromatic rings. The molecule has 0 N–H and O–H groups in total. The summed E-state index contributed by atoms with van der Waals surface area (Å²) >= 11 is 7.10. The number of hydrogen-bond donors (Lipinski definition) is 0. The number of ether oxygens (including phenoxy) is 1. The zero-order chi connectivity index (χ0) is 18.3. The Balaban J connectivity index is 1.72. The van der Waals surface area contributed by atoms with E-state index in [9.17, 15) is 0 Å². The maximum Gasteiger partial charge on any atom is 0.156 e. The van der Waals surface area contributed by atoms with E-state index in [1.807, 2.05) is 43.3 Å². The fourth-order valence-corrected chi connectivity index (χ4v) is 3.88. The van der Waals surface area contributed by atoms with Gasteiger partial charge in [0.05, 0.1) is 8.95 Å². The highest BCUT2D eigenvalue weighted by molar-refractivity contribution is 9.11. The Hall–Kier alpha value is -2.04. The lowest BCUT2D eigenvalue weighted by atomic mass is 10.1. The van der Waals surface area contributed by atoms with Crippen molar-refractivity contribution >= 4 is 42.8 Å². The Morgan fingerprint density at radius 1 is 1.00 bits per heavy atom. The van der Waals surface area contributed by atoms with Crippen molar-refractivity contribution in [3.63, 3.8) is 0 Å². The van der Waals surface area contributed by atoms with Crippen molar-refractivity contribution in [1.82, 2.24) is 0 Å². The van der Waals surface area contributed by atoms with Gasteiger partial charge in [-0.15, -0.1) is 0 Å². The van der Waals surface area contributed by atoms with Crippen molar-refractivity contribution in [2.24, 2.45) is 0 Å². The molecule has 0 atom stereocenters. The molecule has 0 bridgehead atoms. The highest BCUT2D eigenvalue weighted by Gasteiger charge is 2.12. The minimum atomic E-state index is 0.739. The first-order chi connectivity index (χ1) is 12.5. The number of furan rings is 1. The predicted molar refractivity (Wildman–Crippen MR) is 112 cm³/mol. The number of halogens is 2. The van der Waals surface area contributed by atoms with E-state index in [0.717, 1.165) is 48.3 Å². The molecular weight excluding hydrogens is 456 g/mol. The molecule has 1 aromatic heterocycles. The van der Waals surface area contributed by atoms with Crippen LogP contribution in [0.25, 0.3) is 22.3 Å². The topological polar surface area (TPSA) is 22.4 Å². The van der Waals surface area contributed by atoms with Crippen LogP contribution in [-0.4, -0.2) is 0 Å². The van der Waals surface area contributed by atoms with Gasteiger partial charge in [-0.1, -0.05) is 23.8 Å². The molecule has 0 aliphatic rings. The van der Waals surface area contributed by atoms with Gasteiger partial charge in [0.25, 0.3) is 0 Å². The Labute approximate surface area is 169 Å². The molecule has 0 spiro atoms. The maximum absolute atomic E-state index is 6.11. The van der Waals surface area contributed by atoms with Crippen molar-refractivity contribution in [3.8, 4) is 22.8 Å². The zero-order valence-electron chi connectivity index (χ0n) is 14.3. The molecule has 0 saturated heterocycles. The molecule has 0 amide bonds. The molecule has 2 nitrogen and oxygen atoms in total. The molecule has 4 rings (SSSR count). The first-order valence-electron chi connectivity index (χ1n) is 8.16. The second kappa shape index (κ2) is 6.93. The van der Waals surface area contributed by atoms with Crippen molar-refractivity contribution in [3.05, 3.63) is 80.7 Å². The van der Waals surface area contributed by atoms with Crippen LogP contribution < -0.4 is 4.74 Å². The van der Waals surface area contributed by atoms with Gasteiger partial charge in [-0.2, -0.15) is 0 Å². The lowest BCUT2D eigenvalue weighted by Gasteiger charge is -2.11. The van der Waals surface area contributed by atoms with E-state index in [1.54, 1.807) is 0 Å². The smallest absolute Gasteiger partial charge is 0.156 e. The molecule has 0 aliphatic heterocycles. The summed E-state index contributed by atoms with van der Waals surface area (Å²) in [4.78, 5) is 0. The lowest BCUT2D eigenvalue weighted by molar-refractivity contribution is 0.476. The molecule has 1 heterocycles. The predicted octanol–water partition coefficient (Wildman–Crippen LogP) is 7.83. The molecular formula is C22H15Br2O2. The molecule has 3 aromatic carbocycles. The summed E-state index contributed by atoms with van der Waals surface area (Å²) in [7, 11) is 0. The third-order valence-electron chi connectivity index (χ3n) is 4.17. The second-order valence-electron chi connectivity index (χ2n) is 6.19. The van der Waals surface area contributed by atoms with Crippen LogP contribution in [0.2, 0.25) is 0 Å². The molecule has 26 heavy (non-hydrogen) atoms. The van der Waals surface area contributed by atoms with Gasteiger partial charge in [-0.25, -0.2) is 0 Å². The Morgan fingerprint density at radius 2 is 1.85 bits per heavy atom. The van der Waals surface area contributed by atoms with Gasteiger partial charge < -0.3 is 9.15 Å². The number of aryl methyl sites for hydroxylation is 2. The van der Waals surface area contributed by atoms with Crippen LogP contribution in [-0.2, 0) is 0 Å². The first kappa shape index (κ1) is 17.4. The van der Waals surface area contributed by atoms with Crippen LogP contribution in [0.5, 0.6) is 11.5 Å². The molecule has 1 radical (unpaired) electrons. The Kier molecular flexibility index (Phi) is 4.63. The molecule has 0 saturated carbocycles. The van der Waals surface area contributed by atoms with Crippen molar-refractivity contribution in [2.45, 2.75) is 13.8 Å². The van der Waals surface area contributed by atoms with E-state index < -0.39 is 0 Å². The number of rotatable bonds is 3. The molecule has 129 valence electrons. The van der Waals surface area contributed by atoms with Gasteiger partial charge in [0.15, 0.2) is 5.75 Å². The highest BCUT2D eigenvalue weighted by atomic mass is 79.9. The molecule has 0 unspecified atom stereocenters. The number of fused-ring (bicyclic) bond motifs is 1.